The fourth-order valence-electron chi connectivity index (χ4n) is 2.60. The molecule has 21 heavy (non-hydrogen) atoms. The molecular formula is C15H17N3O3. The molecule has 110 valence electrons. The number of carboxylic acids is 1. The highest BCUT2D eigenvalue weighted by Gasteiger charge is 2.43. The molecule has 0 aliphatic heterocycles. The largest absolute Gasteiger partial charge is 0.480 e. The van der Waals surface area contributed by atoms with Gasteiger partial charge in [0.05, 0.1) is 5.69 Å². The van der Waals surface area contributed by atoms with E-state index in [1.807, 2.05) is 19.1 Å². The summed E-state index contributed by atoms with van der Waals surface area (Å²) in [5, 5.41) is 12.3. The van der Waals surface area contributed by atoms with Gasteiger partial charge >= 0.3 is 5.97 Å². The van der Waals surface area contributed by atoms with Crippen molar-refractivity contribution in [3.05, 3.63) is 46.0 Å². The van der Waals surface area contributed by atoms with E-state index in [0.717, 1.165) is 12.0 Å². The van der Waals surface area contributed by atoms with Crippen molar-refractivity contribution in [2.24, 2.45) is 0 Å². The Bertz CT molecular complexity index is 762. The number of fused-ring (bicyclic) bond motifs is 1. The Balaban J connectivity index is 1.88. The van der Waals surface area contributed by atoms with Gasteiger partial charge in [-0.25, -0.2) is 4.98 Å². The predicted octanol–water partition coefficient (Wildman–Crippen LogP) is 1.10. The molecule has 0 saturated heterocycles. The monoisotopic (exact) mass is 287 g/mol. The third kappa shape index (κ3) is 2.42. The van der Waals surface area contributed by atoms with Gasteiger partial charge in [0, 0.05) is 18.8 Å². The van der Waals surface area contributed by atoms with Crippen LogP contribution in [0.1, 0.15) is 30.5 Å². The lowest BCUT2D eigenvalue weighted by Gasteiger charge is -2.38. The third-order valence-electron chi connectivity index (χ3n) is 4.10. The van der Waals surface area contributed by atoms with Crippen molar-refractivity contribution in [1.82, 2.24) is 14.7 Å². The highest BCUT2D eigenvalue weighted by atomic mass is 16.4. The second-order valence-electron chi connectivity index (χ2n) is 5.61. The van der Waals surface area contributed by atoms with Crippen LogP contribution >= 0.6 is 0 Å². The third-order valence-corrected chi connectivity index (χ3v) is 4.10. The van der Waals surface area contributed by atoms with Crippen LogP contribution in [0.4, 0.5) is 0 Å². The molecule has 2 heterocycles. The predicted molar refractivity (Wildman–Crippen MR) is 77.3 cm³/mol. The van der Waals surface area contributed by atoms with Gasteiger partial charge in [-0.15, -0.1) is 0 Å². The number of nitrogens with one attached hydrogen (secondary N) is 1. The Morgan fingerprint density at radius 3 is 2.86 bits per heavy atom. The molecule has 1 aliphatic rings. The van der Waals surface area contributed by atoms with Crippen molar-refractivity contribution < 1.29 is 9.90 Å². The Hall–Kier alpha value is -2.21. The molecule has 0 radical (unpaired) electrons. The second kappa shape index (κ2) is 4.96. The maximum atomic E-state index is 12.0. The van der Waals surface area contributed by atoms with Gasteiger partial charge in [-0.3, -0.25) is 19.3 Å². The number of rotatable bonds is 4. The lowest BCUT2D eigenvalue weighted by molar-refractivity contribution is -0.148. The summed E-state index contributed by atoms with van der Waals surface area (Å²) in [5.41, 5.74) is 1.16. The van der Waals surface area contributed by atoms with Crippen LogP contribution in [-0.2, 0) is 11.3 Å². The van der Waals surface area contributed by atoms with Crippen molar-refractivity contribution in [3.63, 3.8) is 0 Å². The lowest BCUT2D eigenvalue weighted by Crippen LogP contribution is -2.56. The van der Waals surface area contributed by atoms with Crippen LogP contribution in [0.15, 0.2) is 29.2 Å². The molecule has 1 saturated carbocycles. The van der Waals surface area contributed by atoms with Gasteiger partial charge in [0.15, 0.2) is 0 Å². The van der Waals surface area contributed by atoms with Gasteiger partial charge in [-0.2, -0.15) is 0 Å². The highest BCUT2D eigenvalue weighted by molar-refractivity contribution is 5.79. The molecule has 0 unspecified atom stereocenters. The average Bonchev–Trinajstić information content (AvgIpc) is 2.36. The average molecular weight is 287 g/mol. The molecule has 6 nitrogen and oxygen atoms in total. The number of aliphatic carboxylic acids is 1. The minimum atomic E-state index is -0.848. The van der Waals surface area contributed by atoms with E-state index in [4.69, 9.17) is 0 Å². The first-order chi connectivity index (χ1) is 10.00. The van der Waals surface area contributed by atoms with Crippen LogP contribution in [0.5, 0.6) is 0 Å². The number of carboxylic acid groups (broad SMARTS) is 1. The molecule has 0 bridgehead atoms. The molecule has 6 heteroatoms. The Morgan fingerprint density at radius 1 is 1.48 bits per heavy atom. The fourth-order valence-corrected chi connectivity index (χ4v) is 2.60. The first-order valence-electron chi connectivity index (χ1n) is 6.98. The van der Waals surface area contributed by atoms with Crippen LogP contribution in [0.2, 0.25) is 0 Å². The van der Waals surface area contributed by atoms with Crippen molar-refractivity contribution in [3.8, 4) is 0 Å². The lowest BCUT2D eigenvalue weighted by atomic mass is 9.77. The van der Waals surface area contributed by atoms with Crippen molar-refractivity contribution >= 4 is 11.6 Å². The summed E-state index contributed by atoms with van der Waals surface area (Å²) in [6, 6.07) is 5.13. The van der Waals surface area contributed by atoms with E-state index in [1.165, 1.54) is 10.5 Å². The number of hydrogen-bond acceptors (Lipinski definition) is 4. The second-order valence-corrected chi connectivity index (χ2v) is 5.61. The maximum absolute atomic E-state index is 12.0. The molecule has 2 N–H and O–H groups in total. The van der Waals surface area contributed by atoms with Crippen LogP contribution < -0.4 is 10.9 Å². The molecule has 3 rings (SSSR count). The summed E-state index contributed by atoms with van der Waals surface area (Å²) in [4.78, 5) is 27.8. The minimum Gasteiger partial charge on any atom is -0.480 e. The number of pyridine rings is 1. The normalized spacial score (nSPS) is 16.6. The number of carbonyl (C=O) groups is 1. The Morgan fingerprint density at radius 2 is 2.24 bits per heavy atom. The van der Waals surface area contributed by atoms with Crippen molar-refractivity contribution in [1.29, 1.82) is 0 Å². The maximum Gasteiger partial charge on any atom is 0.323 e. The number of hydrogen-bond donors (Lipinski definition) is 2. The van der Waals surface area contributed by atoms with Gasteiger partial charge in [0.2, 0.25) is 0 Å². The van der Waals surface area contributed by atoms with Crippen LogP contribution in [-0.4, -0.2) is 26.0 Å². The van der Waals surface area contributed by atoms with Crippen molar-refractivity contribution in [2.45, 2.75) is 38.3 Å². The van der Waals surface area contributed by atoms with Gasteiger partial charge in [-0.05, 0) is 43.9 Å². The molecule has 0 atom stereocenters. The summed E-state index contributed by atoms with van der Waals surface area (Å²) in [5.74, 6) is -0.831. The minimum absolute atomic E-state index is 0.158. The molecule has 0 amide bonds. The molecule has 1 aliphatic carbocycles. The summed E-state index contributed by atoms with van der Waals surface area (Å²) >= 11 is 0. The van der Waals surface area contributed by atoms with Crippen LogP contribution in [0.25, 0.3) is 5.65 Å². The Kier molecular flexibility index (Phi) is 3.25. The Labute approximate surface area is 121 Å². The van der Waals surface area contributed by atoms with Crippen LogP contribution in [0, 0.1) is 6.92 Å². The molecule has 2 aromatic heterocycles. The van der Waals surface area contributed by atoms with Gasteiger partial charge in [0.25, 0.3) is 5.56 Å². The van der Waals surface area contributed by atoms with E-state index in [2.05, 4.69) is 10.3 Å². The molecule has 1 fully saturated rings. The first kappa shape index (κ1) is 13.8. The van der Waals surface area contributed by atoms with Gasteiger partial charge in [-0.1, -0.05) is 0 Å². The molecular weight excluding hydrogens is 270 g/mol. The SMILES string of the molecule is Cc1ccn2c(=O)cc(CNC3(C(=O)O)CCC3)nc2c1. The summed E-state index contributed by atoms with van der Waals surface area (Å²) < 4.78 is 1.48. The van der Waals surface area contributed by atoms with E-state index in [0.29, 0.717) is 24.2 Å². The van der Waals surface area contributed by atoms with E-state index >= 15 is 0 Å². The molecule has 0 aromatic carbocycles. The number of aryl methyl sites for hydroxylation is 1. The summed E-state index contributed by atoms with van der Waals surface area (Å²) in [6.07, 6.45) is 3.84. The number of nitrogens with zero attached hydrogens (tertiary/aromatic N) is 2. The van der Waals surface area contributed by atoms with Crippen molar-refractivity contribution in [2.75, 3.05) is 0 Å². The van der Waals surface area contributed by atoms with E-state index in [9.17, 15) is 14.7 Å². The molecule has 2 aromatic rings. The summed E-state index contributed by atoms with van der Waals surface area (Å²) in [6.45, 7) is 2.22. The van der Waals surface area contributed by atoms with Gasteiger partial charge < -0.3 is 5.11 Å². The van der Waals surface area contributed by atoms with Gasteiger partial charge in [0.1, 0.15) is 11.2 Å². The summed E-state index contributed by atoms with van der Waals surface area (Å²) in [7, 11) is 0. The molecule has 0 spiro atoms. The van der Waals surface area contributed by atoms with E-state index in [1.54, 1.807) is 6.20 Å². The quantitative estimate of drug-likeness (QED) is 0.879. The smallest absolute Gasteiger partial charge is 0.323 e. The zero-order chi connectivity index (χ0) is 15.0. The number of aromatic nitrogens is 2. The standard InChI is InChI=1S/C15H17N3O3/c1-10-3-6-18-12(7-10)17-11(8-13(18)19)9-16-15(14(20)21)4-2-5-15/h3,6-8,16H,2,4-5,9H2,1H3,(H,20,21). The first-order valence-corrected chi connectivity index (χ1v) is 6.98. The van der Waals surface area contributed by atoms with E-state index in [-0.39, 0.29) is 12.1 Å². The van der Waals surface area contributed by atoms with Crippen LogP contribution in [0.3, 0.4) is 0 Å². The van der Waals surface area contributed by atoms with E-state index < -0.39 is 11.5 Å². The fraction of sp³-hybridized carbons (Fsp3) is 0.400. The highest BCUT2D eigenvalue weighted by Crippen LogP contribution is 2.32. The zero-order valence-electron chi connectivity index (χ0n) is 11.8. The topological polar surface area (TPSA) is 83.7 Å². The zero-order valence-corrected chi connectivity index (χ0v) is 11.8.